The highest BCUT2D eigenvalue weighted by molar-refractivity contribution is 5.03. The Kier molecular flexibility index (Phi) is 6.49. The second-order valence-electron chi connectivity index (χ2n) is 5.59. The SMILES string of the molecule is CC.CC(C)N1CCC(c2cnn(C(C)C)n2)CC1. The Balaban J connectivity index is 0.000000861. The van der Waals surface area contributed by atoms with E-state index in [0.29, 0.717) is 18.0 Å². The van der Waals surface area contributed by atoms with Gasteiger partial charge >= 0.3 is 0 Å². The van der Waals surface area contributed by atoms with Crippen LogP contribution in [-0.4, -0.2) is 39.0 Å². The van der Waals surface area contributed by atoms with E-state index in [1.54, 1.807) is 0 Å². The molecule has 1 aliphatic rings. The Labute approximate surface area is 118 Å². The topological polar surface area (TPSA) is 34.0 Å². The molecule has 0 bridgehead atoms. The van der Waals surface area contributed by atoms with Crippen LogP contribution in [-0.2, 0) is 0 Å². The van der Waals surface area contributed by atoms with E-state index in [-0.39, 0.29) is 0 Å². The first-order chi connectivity index (χ1) is 9.08. The smallest absolute Gasteiger partial charge is 0.0859 e. The van der Waals surface area contributed by atoms with Crippen LogP contribution in [0.2, 0.25) is 0 Å². The lowest BCUT2D eigenvalue weighted by atomic mass is 9.93. The van der Waals surface area contributed by atoms with E-state index in [4.69, 9.17) is 0 Å². The molecule has 0 N–H and O–H groups in total. The van der Waals surface area contributed by atoms with E-state index in [1.807, 2.05) is 24.8 Å². The highest BCUT2D eigenvalue weighted by Crippen LogP contribution is 2.27. The van der Waals surface area contributed by atoms with Gasteiger partial charge < -0.3 is 4.90 Å². The molecule has 4 heteroatoms. The Bertz CT molecular complexity index is 349. The summed E-state index contributed by atoms with van der Waals surface area (Å²) in [6, 6.07) is 1.03. The molecule has 0 amide bonds. The average Bonchev–Trinajstić information content (AvgIpc) is 2.91. The Morgan fingerprint density at radius 3 is 2.05 bits per heavy atom. The number of aromatic nitrogens is 3. The molecule has 4 nitrogen and oxygen atoms in total. The molecule has 110 valence electrons. The van der Waals surface area contributed by atoms with Gasteiger partial charge in [-0.3, -0.25) is 0 Å². The number of hydrogen-bond donors (Lipinski definition) is 0. The molecule has 0 radical (unpaired) electrons. The third-order valence-electron chi connectivity index (χ3n) is 3.67. The predicted molar refractivity (Wildman–Crippen MR) is 80.4 cm³/mol. The highest BCUT2D eigenvalue weighted by atomic mass is 15.5. The largest absolute Gasteiger partial charge is 0.301 e. The van der Waals surface area contributed by atoms with Crippen molar-refractivity contribution in [2.24, 2.45) is 0 Å². The predicted octanol–water partition coefficient (Wildman–Crippen LogP) is 3.47. The molecule has 19 heavy (non-hydrogen) atoms. The summed E-state index contributed by atoms with van der Waals surface area (Å²) in [6.07, 6.45) is 4.39. The average molecular weight is 266 g/mol. The summed E-state index contributed by atoms with van der Waals surface area (Å²) >= 11 is 0. The van der Waals surface area contributed by atoms with E-state index < -0.39 is 0 Å². The van der Waals surface area contributed by atoms with Gasteiger partial charge in [-0.15, -0.1) is 0 Å². The lowest BCUT2D eigenvalue weighted by molar-refractivity contribution is 0.170. The molecule has 1 aromatic rings. The standard InChI is InChI=1S/C13H24N4.C2H6/c1-10(2)16-7-5-12(6-8-16)13-9-14-17(15-13)11(3)4;1-2/h9-12H,5-8H2,1-4H3;1-2H3. The maximum Gasteiger partial charge on any atom is 0.0859 e. The number of likely N-dealkylation sites (tertiary alicyclic amines) is 1. The van der Waals surface area contributed by atoms with Gasteiger partial charge in [0.2, 0.25) is 0 Å². The molecule has 0 spiro atoms. The zero-order valence-corrected chi connectivity index (χ0v) is 13.4. The van der Waals surface area contributed by atoms with Gasteiger partial charge in [0, 0.05) is 12.0 Å². The summed E-state index contributed by atoms with van der Waals surface area (Å²) in [5.74, 6) is 0.609. The molecule has 1 fully saturated rings. The van der Waals surface area contributed by atoms with Crippen molar-refractivity contribution < 1.29 is 0 Å². The van der Waals surface area contributed by atoms with Gasteiger partial charge in [-0.2, -0.15) is 15.0 Å². The molecular formula is C15H30N4. The molecule has 1 aromatic heterocycles. The lowest BCUT2D eigenvalue weighted by Gasteiger charge is -2.33. The van der Waals surface area contributed by atoms with Crippen LogP contribution < -0.4 is 0 Å². The fourth-order valence-electron chi connectivity index (χ4n) is 2.44. The van der Waals surface area contributed by atoms with E-state index in [0.717, 1.165) is 0 Å². The maximum atomic E-state index is 4.59. The first kappa shape index (κ1) is 16.2. The minimum absolute atomic E-state index is 0.361. The van der Waals surface area contributed by atoms with Crippen LogP contribution in [0.4, 0.5) is 0 Å². The van der Waals surface area contributed by atoms with Gasteiger partial charge in [0.25, 0.3) is 0 Å². The third kappa shape index (κ3) is 4.30. The van der Waals surface area contributed by atoms with Crippen LogP contribution in [0.15, 0.2) is 6.20 Å². The van der Waals surface area contributed by atoms with Crippen LogP contribution in [0.1, 0.15) is 72.0 Å². The minimum Gasteiger partial charge on any atom is -0.301 e. The maximum absolute atomic E-state index is 4.59. The van der Waals surface area contributed by atoms with Gasteiger partial charge in [-0.1, -0.05) is 13.8 Å². The van der Waals surface area contributed by atoms with Crippen LogP contribution in [0, 0.1) is 0 Å². The van der Waals surface area contributed by atoms with Gasteiger partial charge in [0.15, 0.2) is 0 Å². The Morgan fingerprint density at radius 1 is 1.05 bits per heavy atom. The molecule has 1 saturated heterocycles. The molecule has 0 aromatic carbocycles. The molecule has 2 rings (SSSR count). The zero-order chi connectivity index (χ0) is 14.4. The fraction of sp³-hybridized carbons (Fsp3) is 0.867. The second kappa shape index (κ2) is 7.63. The van der Waals surface area contributed by atoms with Crippen molar-refractivity contribution in [1.29, 1.82) is 0 Å². The zero-order valence-electron chi connectivity index (χ0n) is 13.4. The highest BCUT2D eigenvalue weighted by Gasteiger charge is 2.24. The number of rotatable bonds is 3. The summed E-state index contributed by atoms with van der Waals surface area (Å²) < 4.78 is 0. The van der Waals surface area contributed by atoms with Crippen molar-refractivity contribution in [3.63, 3.8) is 0 Å². The van der Waals surface area contributed by atoms with Crippen molar-refractivity contribution in [2.45, 2.75) is 72.4 Å². The van der Waals surface area contributed by atoms with Crippen LogP contribution >= 0.6 is 0 Å². The summed E-state index contributed by atoms with van der Waals surface area (Å²) in [6.45, 7) is 15.2. The number of nitrogens with zero attached hydrogens (tertiary/aromatic N) is 4. The molecule has 0 aliphatic carbocycles. The summed E-state index contributed by atoms with van der Waals surface area (Å²) in [4.78, 5) is 4.37. The van der Waals surface area contributed by atoms with E-state index >= 15 is 0 Å². The van der Waals surface area contributed by atoms with Crippen molar-refractivity contribution >= 4 is 0 Å². The van der Waals surface area contributed by atoms with Crippen LogP contribution in [0.3, 0.4) is 0 Å². The van der Waals surface area contributed by atoms with Crippen LogP contribution in [0.25, 0.3) is 0 Å². The minimum atomic E-state index is 0.361. The Morgan fingerprint density at radius 2 is 1.63 bits per heavy atom. The van der Waals surface area contributed by atoms with E-state index in [2.05, 4.69) is 42.8 Å². The van der Waals surface area contributed by atoms with E-state index in [9.17, 15) is 0 Å². The second-order valence-corrected chi connectivity index (χ2v) is 5.59. The first-order valence-corrected chi connectivity index (χ1v) is 7.73. The summed E-state index contributed by atoms with van der Waals surface area (Å²) in [7, 11) is 0. The molecule has 0 saturated carbocycles. The molecule has 1 aliphatic heterocycles. The van der Waals surface area contributed by atoms with Gasteiger partial charge in [0.05, 0.1) is 17.9 Å². The van der Waals surface area contributed by atoms with Crippen molar-refractivity contribution in [3.05, 3.63) is 11.9 Å². The molecule has 0 unspecified atom stereocenters. The van der Waals surface area contributed by atoms with Crippen molar-refractivity contribution in [3.8, 4) is 0 Å². The van der Waals surface area contributed by atoms with Gasteiger partial charge in [-0.25, -0.2) is 0 Å². The first-order valence-electron chi connectivity index (χ1n) is 7.73. The monoisotopic (exact) mass is 266 g/mol. The Hall–Kier alpha value is -0.900. The van der Waals surface area contributed by atoms with Gasteiger partial charge in [0.1, 0.15) is 0 Å². The quantitative estimate of drug-likeness (QED) is 0.840. The third-order valence-corrected chi connectivity index (χ3v) is 3.67. The van der Waals surface area contributed by atoms with Crippen molar-refractivity contribution in [1.82, 2.24) is 19.9 Å². The van der Waals surface area contributed by atoms with Crippen molar-refractivity contribution in [2.75, 3.05) is 13.1 Å². The lowest BCUT2D eigenvalue weighted by Crippen LogP contribution is -2.37. The summed E-state index contributed by atoms with van der Waals surface area (Å²) in [5, 5.41) is 8.93. The van der Waals surface area contributed by atoms with E-state index in [1.165, 1.54) is 31.6 Å². The fourth-order valence-corrected chi connectivity index (χ4v) is 2.44. The van der Waals surface area contributed by atoms with Gasteiger partial charge in [-0.05, 0) is 53.6 Å². The molecule has 0 atom stereocenters. The summed E-state index contributed by atoms with van der Waals surface area (Å²) in [5.41, 5.74) is 1.18. The molecule has 2 heterocycles. The van der Waals surface area contributed by atoms with Crippen LogP contribution in [0.5, 0.6) is 0 Å². The molecular weight excluding hydrogens is 236 g/mol. The number of piperidine rings is 1. The normalized spacial score (nSPS) is 17.7. The number of hydrogen-bond acceptors (Lipinski definition) is 3.